The maximum absolute atomic E-state index is 12.8. The van der Waals surface area contributed by atoms with Crippen molar-refractivity contribution in [2.75, 3.05) is 0 Å². The van der Waals surface area contributed by atoms with Gasteiger partial charge in [-0.15, -0.1) is 0 Å². The molecule has 2 aromatic heterocycles. The minimum absolute atomic E-state index is 0.0234. The lowest BCUT2D eigenvalue weighted by molar-refractivity contribution is -0.141. The number of hydrogen-bond acceptors (Lipinski definition) is 4. The van der Waals surface area contributed by atoms with E-state index in [1.807, 2.05) is 0 Å². The molecule has 9 heteroatoms. The molecule has 20 heavy (non-hydrogen) atoms. The summed E-state index contributed by atoms with van der Waals surface area (Å²) in [6.07, 6.45) is -4.75. The number of nitrogens with zero attached hydrogens (tertiary/aromatic N) is 4. The fourth-order valence-corrected chi connectivity index (χ4v) is 1.94. The molecule has 0 aliphatic carbocycles. The van der Waals surface area contributed by atoms with Crippen molar-refractivity contribution in [1.29, 1.82) is 0 Å². The van der Waals surface area contributed by atoms with Crippen LogP contribution >= 0.6 is 11.6 Å². The van der Waals surface area contributed by atoms with Crippen molar-refractivity contribution in [3.8, 4) is 5.82 Å². The Morgan fingerprint density at radius 2 is 1.95 bits per heavy atom. The van der Waals surface area contributed by atoms with Crippen LogP contribution in [0.15, 0.2) is 6.07 Å². The van der Waals surface area contributed by atoms with Gasteiger partial charge >= 0.3 is 6.18 Å². The predicted molar refractivity (Wildman–Crippen MR) is 64.0 cm³/mol. The van der Waals surface area contributed by atoms with Gasteiger partial charge in [0, 0.05) is 11.8 Å². The Morgan fingerprint density at radius 3 is 2.40 bits per heavy atom. The monoisotopic (exact) mass is 304 g/mol. The molecule has 5 nitrogen and oxygen atoms in total. The third kappa shape index (κ3) is 2.51. The molecule has 0 saturated heterocycles. The molecule has 2 heterocycles. The Hall–Kier alpha value is -1.96. The summed E-state index contributed by atoms with van der Waals surface area (Å²) in [4.78, 5) is 18.8. The number of hydrogen-bond donors (Lipinski definition) is 0. The first-order valence-electron chi connectivity index (χ1n) is 5.37. The van der Waals surface area contributed by atoms with E-state index in [-0.39, 0.29) is 12.1 Å². The van der Waals surface area contributed by atoms with Gasteiger partial charge in [-0.3, -0.25) is 4.79 Å². The van der Waals surface area contributed by atoms with Crippen molar-refractivity contribution >= 4 is 17.9 Å². The molecule has 0 radical (unpaired) electrons. The standard InChI is InChI=1S/C11H8ClF3N4O/c1-5-3-8(17-6(2)16-5)19-10(12)7(4-20)9(18-19)11(13,14)15/h3-4H,1-2H3. The van der Waals surface area contributed by atoms with Gasteiger partial charge in [-0.2, -0.15) is 18.3 Å². The van der Waals surface area contributed by atoms with Gasteiger partial charge in [-0.25, -0.2) is 14.6 Å². The van der Waals surface area contributed by atoms with Crippen LogP contribution in [0.4, 0.5) is 13.2 Å². The molecule has 0 aliphatic heterocycles. The quantitative estimate of drug-likeness (QED) is 0.800. The van der Waals surface area contributed by atoms with Crippen molar-refractivity contribution in [2.45, 2.75) is 20.0 Å². The number of alkyl halides is 3. The first-order chi connectivity index (χ1) is 9.24. The molecule has 0 atom stereocenters. The first-order valence-corrected chi connectivity index (χ1v) is 5.75. The van der Waals surface area contributed by atoms with Gasteiger partial charge in [0.1, 0.15) is 11.0 Å². The van der Waals surface area contributed by atoms with Crippen LogP contribution in [0.1, 0.15) is 27.6 Å². The van der Waals surface area contributed by atoms with E-state index >= 15 is 0 Å². The highest BCUT2D eigenvalue weighted by Gasteiger charge is 2.39. The van der Waals surface area contributed by atoms with E-state index in [0.29, 0.717) is 11.5 Å². The number of aryl methyl sites for hydroxylation is 2. The fraction of sp³-hybridized carbons (Fsp3) is 0.273. The Balaban J connectivity index is 2.69. The number of rotatable bonds is 2. The highest BCUT2D eigenvalue weighted by Crippen LogP contribution is 2.34. The van der Waals surface area contributed by atoms with Gasteiger partial charge in [-0.1, -0.05) is 11.6 Å². The molecule has 0 aromatic carbocycles. The summed E-state index contributed by atoms with van der Waals surface area (Å²) in [6, 6.07) is 1.42. The summed E-state index contributed by atoms with van der Waals surface area (Å²) in [6.45, 7) is 3.24. The molecule has 0 spiro atoms. The maximum atomic E-state index is 12.8. The molecule has 106 valence electrons. The van der Waals surface area contributed by atoms with Crippen molar-refractivity contribution < 1.29 is 18.0 Å². The zero-order valence-electron chi connectivity index (χ0n) is 10.4. The minimum atomic E-state index is -4.78. The topological polar surface area (TPSA) is 60.7 Å². The third-order valence-electron chi connectivity index (χ3n) is 2.42. The van der Waals surface area contributed by atoms with Crippen LogP contribution in [0.25, 0.3) is 5.82 Å². The van der Waals surface area contributed by atoms with Crippen molar-refractivity contribution in [2.24, 2.45) is 0 Å². The Bertz CT molecular complexity index is 661. The second kappa shape index (κ2) is 4.86. The first kappa shape index (κ1) is 14.4. The number of halogens is 4. The summed E-state index contributed by atoms with van der Waals surface area (Å²) in [5, 5.41) is 2.90. The summed E-state index contributed by atoms with van der Waals surface area (Å²) in [5.41, 5.74) is -1.51. The van der Waals surface area contributed by atoms with Gasteiger partial charge in [0.25, 0.3) is 0 Å². The molecule has 0 bridgehead atoms. The molecule has 0 N–H and O–H groups in total. The normalized spacial score (nSPS) is 11.7. The van der Waals surface area contributed by atoms with Gasteiger partial charge in [-0.05, 0) is 13.8 Å². The molecule has 0 aliphatic rings. The van der Waals surface area contributed by atoms with Crippen LogP contribution in [0.2, 0.25) is 5.15 Å². The lowest BCUT2D eigenvalue weighted by atomic mass is 10.2. The smallest absolute Gasteiger partial charge is 0.298 e. The van der Waals surface area contributed by atoms with E-state index in [1.54, 1.807) is 13.8 Å². The number of aldehydes is 1. The van der Waals surface area contributed by atoms with Crippen LogP contribution in [0.3, 0.4) is 0 Å². The lowest BCUT2D eigenvalue weighted by Gasteiger charge is -2.04. The van der Waals surface area contributed by atoms with E-state index in [2.05, 4.69) is 15.1 Å². The summed E-state index contributed by atoms with van der Waals surface area (Å²) in [5.74, 6) is 0.423. The van der Waals surface area contributed by atoms with E-state index < -0.39 is 22.6 Å². The van der Waals surface area contributed by atoms with Crippen LogP contribution in [0, 0.1) is 13.8 Å². The molecule has 2 aromatic rings. The lowest BCUT2D eigenvalue weighted by Crippen LogP contribution is -2.10. The van der Waals surface area contributed by atoms with Gasteiger partial charge < -0.3 is 0 Å². The summed E-state index contributed by atoms with van der Waals surface area (Å²) in [7, 11) is 0. The zero-order chi connectivity index (χ0) is 15.1. The predicted octanol–water partition coefficient (Wildman–Crippen LogP) is 2.76. The Labute approximate surface area is 116 Å². The van der Waals surface area contributed by atoms with E-state index in [4.69, 9.17) is 11.6 Å². The second-order valence-corrected chi connectivity index (χ2v) is 4.35. The molecule has 0 unspecified atom stereocenters. The number of carbonyl (C=O) groups is 1. The van der Waals surface area contributed by atoms with E-state index in [9.17, 15) is 18.0 Å². The molecule has 2 rings (SSSR count). The van der Waals surface area contributed by atoms with Crippen LogP contribution < -0.4 is 0 Å². The maximum Gasteiger partial charge on any atom is 0.435 e. The van der Waals surface area contributed by atoms with Crippen LogP contribution in [-0.4, -0.2) is 26.0 Å². The average Bonchev–Trinajstić information content (AvgIpc) is 2.64. The third-order valence-corrected chi connectivity index (χ3v) is 2.78. The number of aromatic nitrogens is 4. The minimum Gasteiger partial charge on any atom is -0.298 e. The van der Waals surface area contributed by atoms with Crippen molar-refractivity contribution in [3.63, 3.8) is 0 Å². The molecule has 0 fully saturated rings. The highest BCUT2D eigenvalue weighted by atomic mass is 35.5. The van der Waals surface area contributed by atoms with E-state index in [1.165, 1.54) is 6.07 Å². The summed E-state index contributed by atoms with van der Waals surface area (Å²) < 4.78 is 39.1. The second-order valence-electron chi connectivity index (χ2n) is 4.00. The molecular weight excluding hydrogens is 297 g/mol. The molecular formula is C11H8ClF3N4O. The molecule has 0 amide bonds. The summed E-state index contributed by atoms with van der Waals surface area (Å²) >= 11 is 5.78. The fourth-order valence-electron chi connectivity index (χ4n) is 1.68. The largest absolute Gasteiger partial charge is 0.435 e. The van der Waals surface area contributed by atoms with Crippen LogP contribution in [0.5, 0.6) is 0 Å². The van der Waals surface area contributed by atoms with Crippen molar-refractivity contribution in [1.82, 2.24) is 19.7 Å². The van der Waals surface area contributed by atoms with Crippen LogP contribution in [-0.2, 0) is 6.18 Å². The number of carbonyl (C=O) groups excluding carboxylic acids is 1. The van der Waals surface area contributed by atoms with Crippen molar-refractivity contribution in [3.05, 3.63) is 34.0 Å². The molecule has 0 saturated carbocycles. The Morgan fingerprint density at radius 1 is 1.30 bits per heavy atom. The average molecular weight is 305 g/mol. The van der Waals surface area contributed by atoms with Gasteiger partial charge in [0.05, 0.1) is 5.56 Å². The van der Waals surface area contributed by atoms with Gasteiger partial charge in [0.2, 0.25) is 0 Å². The van der Waals surface area contributed by atoms with E-state index in [0.717, 1.165) is 4.68 Å². The zero-order valence-corrected chi connectivity index (χ0v) is 11.1. The SMILES string of the molecule is Cc1cc(-n2nc(C(F)(F)F)c(C=O)c2Cl)nc(C)n1. The highest BCUT2D eigenvalue weighted by molar-refractivity contribution is 6.32. The van der Waals surface area contributed by atoms with Gasteiger partial charge in [0.15, 0.2) is 17.8 Å². The Kier molecular flexibility index (Phi) is 3.51.